The Kier molecular flexibility index (Phi) is 5.02. The number of halogens is 1. The highest BCUT2D eigenvalue weighted by molar-refractivity contribution is 7.89. The average Bonchev–Trinajstić information content (AvgIpc) is 2.27. The molecule has 0 radical (unpaired) electrons. The van der Waals surface area contributed by atoms with Crippen LogP contribution in [0.25, 0.3) is 0 Å². The van der Waals surface area contributed by atoms with E-state index in [4.69, 9.17) is 0 Å². The molecule has 0 aliphatic rings. The van der Waals surface area contributed by atoms with E-state index in [1.54, 1.807) is 19.0 Å². The van der Waals surface area contributed by atoms with E-state index in [1.165, 1.54) is 0 Å². The van der Waals surface area contributed by atoms with Crippen LogP contribution >= 0.6 is 0 Å². The Balaban J connectivity index is 2.85. The SMILES string of the molecule is CN(C)CCNS(=O)(=O)c1ccc(S(=O)(=O)F)cc1. The van der Waals surface area contributed by atoms with Gasteiger partial charge < -0.3 is 4.90 Å². The normalized spacial score (nSPS) is 12.8. The Morgan fingerprint density at radius 3 is 1.95 bits per heavy atom. The van der Waals surface area contributed by atoms with E-state index in [9.17, 15) is 20.7 Å². The first kappa shape index (κ1) is 16.0. The highest BCUT2D eigenvalue weighted by atomic mass is 32.3. The molecular weight excluding hydrogens is 295 g/mol. The standard InChI is InChI=1S/C10H15FN2O4S2/c1-13(2)8-7-12-19(16,17)10-5-3-9(4-6-10)18(11,14)15/h3-6,12H,7-8H2,1-2H3. The van der Waals surface area contributed by atoms with E-state index in [2.05, 4.69) is 4.72 Å². The number of hydrogen-bond donors (Lipinski definition) is 1. The van der Waals surface area contributed by atoms with Crippen LogP contribution in [0.5, 0.6) is 0 Å². The Bertz CT molecular complexity index is 624. The molecule has 6 nitrogen and oxygen atoms in total. The summed E-state index contributed by atoms with van der Waals surface area (Å²) >= 11 is 0. The van der Waals surface area contributed by atoms with Crippen LogP contribution in [0.15, 0.2) is 34.1 Å². The van der Waals surface area contributed by atoms with Gasteiger partial charge in [0, 0.05) is 13.1 Å². The first-order valence-corrected chi connectivity index (χ1v) is 8.19. The second kappa shape index (κ2) is 5.95. The molecular formula is C10H15FN2O4S2. The van der Waals surface area contributed by atoms with Gasteiger partial charge in [-0.1, -0.05) is 0 Å². The highest BCUT2D eigenvalue weighted by Gasteiger charge is 2.16. The molecule has 108 valence electrons. The van der Waals surface area contributed by atoms with Gasteiger partial charge in [-0.25, -0.2) is 13.1 Å². The van der Waals surface area contributed by atoms with Gasteiger partial charge in [0.15, 0.2) is 0 Å². The van der Waals surface area contributed by atoms with Crippen molar-refractivity contribution in [2.75, 3.05) is 27.2 Å². The van der Waals surface area contributed by atoms with Gasteiger partial charge in [0.25, 0.3) is 0 Å². The summed E-state index contributed by atoms with van der Waals surface area (Å²) in [6.07, 6.45) is 0. The van der Waals surface area contributed by atoms with Crippen molar-refractivity contribution < 1.29 is 20.7 Å². The number of rotatable bonds is 6. The Morgan fingerprint density at radius 2 is 1.53 bits per heavy atom. The summed E-state index contributed by atoms with van der Waals surface area (Å²) in [5, 5.41) is 0. The fraction of sp³-hybridized carbons (Fsp3) is 0.400. The number of hydrogen-bond acceptors (Lipinski definition) is 5. The molecule has 19 heavy (non-hydrogen) atoms. The third kappa shape index (κ3) is 4.86. The lowest BCUT2D eigenvalue weighted by molar-refractivity contribution is 0.412. The lowest BCUT2D eigenvalue weighted by Crippen LogP contribution is -2.31. The van der Waals surface area contributed by atoms with Gasteiger partial charge in [-0.2, -0.15) is 8.42 Å². The van der Waals surface area contributed by atoms with Crippen molar-refractivity contribution in [1.82, 2.24) is 9.62 Å². The number of likely N-dealkylation sites (N-methyl/N-ethyl adjacent to an activating group) is 1. The average molecular weight is 310 g/mol. The molecule has 0 saturated carbocycles. The maximum Gasteiger partial charge on any atom is 0.332 e. The van der Waals surface area contributed by atoms with E-state index >= 15 is 0 Å². The summed E-state index contributed by atoms with van der Waals surface area (Å²) in [4.78, 5) is 1.12. The summed E-state index contributed by atoms with van der Waals surface area (Å²) in [5.41, 5.74) is 0. The van der Waals surface area contributed by atoms with Crippen LogP contribution in [0.3, 0.4) is 0 Å². The number of nitrogens with one attached hydrogen (secondary N) is 1. The van der Waals surface area contributed by atoms with Crippen molar-refractivity contribution in [1.29, 1.82) is 0 Å². The van der Waals surface area contributed by atoms with E-state index < -0.39 is 25.1 Å². The Labute approximate surface area is 112 Å². The minimum atomic E-state index is -4.82. The van der Waals surface area contributed by atoms with Crippen molar-refractivity contribution in [3.63, 3.8) is 0 Å². The van der Waals surface area contributed by atoms with Crippen LogP contribution < -0.4 is 4.72 Å². The zero-order valence-corrected chi connectivity index (χ0v) is 12.1. The second-order valence-electron chi connectivity index (χ2n) is 4.11. The summed E-state index contributed by atoms with van der Waals surface area (Å²) < 4.78 is 59.8. The summed E-state index contributed by atoms with van der Waals surface area (Å²) in [5.74, 6) is 0. The van der Waals surface area contributed by atoms with Crippen LogP contribution in [-0.2, 0) is 20.2 Å². The maximum absolute atomic E-state index is 12.6. The molecule has 0 aromatic heterocycles. The quantitative estimate of drug-likeness (QED) is 0.758. The molecule has 0 aliphatic carbocycles. The van der Waals surface area contributed by atoms with E-state index in [1.807, 2.05) is 0 Å². The molecule has 1 rings (SSSR count). The minimum Gasteiger partial charge on any atom is -0.308 e. The minimum absolute atomic E-state index is 0.112. The van der Waals surface area contributed by atoms with Gasteiger partial charge in [0.1, 0.15) is 0 Å². The summed E-state index contributed by atoms with van der Waals surface area (Å²) in [7, 11) is -4.93. The molecule has 0 unspecified atom stereocenters. The topological polar surface area (TPSA) is 83.6 Å². The van der Waals surface area contributed by atoms with Gasteiger partial charge in [0.2, 0.25) is 10.0 Å². The molecule has 0 aliphatic heterocycles. The van der Waals surface area contributed by atoms with Crippen LogP contribution in [-0.4, -0.2) is 48.9 Å². The lowest BCUT2D eigenvalue weighted by atomic mass is 10.4. The predicted octanol–water partition coefficient (Wildman–Crippen LogP) is 0.185. The van der Waals surface area contributed by atoms with Gasteiger partial charge in [-0.15, -0.1) is 3.89 Å². The first-order valence-electron chi connectivity index (χ1n) is 5.32. The van der Waals surface area contributed by atoms with Crippen LogP contribution in [0, 0.1) is 0 Å². The molecule has 0 heterocycles. The molecule has 0 saturated heterocycles. The fourth-order valence-corrected chi connectivity index (χ4v) is 2.75. The smallest absolute Gasteiger partial charge is 0.308 e. The summed E-state index contributed by atoms with van der Waals surface area (Å²) in [6.45, 7) is 0.745. The lowest BCUT2D eigenvalue weighted by Gasteiger charge is -2.11. The van der Waals surface area contributed by atoms with Gasteiger partial charge in [0.05, 0.1) is 9.79 Å². The van der Waals surface area contributed by atoms with Crippen molar-refractivity contribution >= 4 is 20.2 Å². The van der Waals surface area contributed by atoms with Crippen molar-refractivity contribution in [2.45, 2.75) is 9.79 Å². The molecule has 1 aromatic carbocycles. The van der Waals surface area contributed by atoms with Gasteiger partial charge >= 0.3 is 10.2 Å². The molecule has 0 fully saturated rings. The van der Waals surface area contributed by atoms with E-state index in [0.29, 0.717) is 6.54 Å². The van der Waals surface area contributed by atoms with Crippen molar-refractivity contribution in [2.24, 2.45) is 0 Å². The molecule has 0 atom stereocenters. The molecule has 1 aromatic rings. The first-order chi connectivity index (χ1) is 8.63. The Hall–Kier alpha value is -1.03. The molecule has 0 amide bonds. The zero-order valence-electron chi connectivity index (χ0n) is 10.5. The molecule has 9 heteroatoms. The van der Waals surface area contributed by atoms with Crippen LogP contribution in [0.1, 0.15) is 0 Å². The van der Waals surface area contributed by atoms with Gasteiger partial charge in [-0.05, 0) is 38.4 Å². The third-order valence-corrected chi connectivity index (χ3v) is 4.58. The third-order valence-electron chi connectivity index (χ3n) is 2.27. The number of sulfonamides is 1. The van der Waals surface area contributed by atoms with Crippen molar-refractivity contribution in [3.8, 4) is 0 Å². The second-order valence-corrected chi connectivity index (χ2v) is 7.22. The Morgan fingerprint density at radius 1 is 1.05 bits per heavy atom. The fourth-order valence-electron chi connectivity index (χ4n) is 1.27. The van der Waals surface area contributed by atoms with Crippen LogP contribution in [0.4, 0.5) is 3.89 Å². The predicted molar refractivity (Wildman–Crippen MR) is 68.5 cm³/mol. The number of benzene rings is 1. The van der Waals surface area contributed by atoms with Gasteiger partial charge in [-0.3, -0.25) is 0 Å². The summed E-state index contributed by atoms with van der Waals surface area (Å²) in [6, 6.07) is 3.92. The van der Waals surface area contributed by atoms with E-state index in [0.717, 1.165) is 24.3 Å². The monoisotopic (exact) mass is 310 g/mol. The largest absolute Gasteiger partial charge is 0.332 e. The molecule has 1 N–H and O–H groups in total. The maximum atomic E-state index is 12.6. The van der Waals surface area contributed by atoms with Crippen LogP contribution in [0.2, 0.25) is 0 Å². The highest BCUT2D eigenvalue weighted by Crippen LogP contribution is 2.15. The zero-order chi connectivity index (χ0) is 14.7. The molecule has 0 bridgehead atoms. The molecule has 0 spiro atoms. The van der Waals surface area contributed by atoms with Crippen molar-refractivity contribution in [3.05, 3.63) is 24.3 Å². The van der Waals surface area contributed by atoms with E-state index in [-0.39, 0.29) is 11.4 Å². The number of nitrogens with zero attached hydrogens (tertiary/aromatic N) is 1.